The van der Waals surface area contributed by atoms with Crippen molar-refractivity contribution in [3.8, 4) is 11.5 Å². The van der Waals surface area contributed by atoms with Gasteiger partial charge in [0.1, 0.15) is 6.17 Å². The topological polar surface area (TPSA) is 42.0 Å². The van der Waals surface area contributed by atoms with Crippen LogP contribution in [0.15, 0.2) is 48.5 Å². The SMILES string of the molecule is COc1ccc([C@@H]2N(Cc3ccccc3)C(=O)C3CCCCN32)cc1OC. The molecule has 2 heterocycles. The van der Waals surface area contributed by atoms with Crippen LogP contribution in [0.1, 0.15) is 36.6 Å². The first-order chi connectivity index (χ1) is 13.2. The Morgan fingerprint density at radius 2 is 1.78 bits per heavy atom. The van der Waals surface area contributed by atoms with Crippen LogP contribution in [-0.4, -0.2) is 42.5 Å². The van der Waals surface area contributed by atoms with E-state index in [-0.39, 0.29) is 18.1 Å². The zero-order chi connectivity index (χ0) is 18.8. The van der Waals surface area contributed by atoms with Crippen LogP contribution < -0.4 is 9.47 Å². The fraction of sp³-hybridized carbons (Fsp3) is 0.409. The molecule has 142 valence electrons. The van der Waals surface area contributed by atoms with Crippen molar-refractivity contribution < 1.29 is 14.3 Å². The lowest BCUT2D eigenvalue weighted by atomic mass is 10.0. The molecule has 27 heavy (non-hydrogen) atoms. The van der Waals surface area contributed by atoms with Crippen LogP contribution in [0, 0.1) is 0 Å². The fourth-order valence-electron chi connectivity index (χ4n) is 4.33. The van der Waals surface area contributed by atoms with E-state index in [1.54, 1.807) is 14.2 Å². The quantitative estimate of drug-likeness (QED) is 0.811. The molecule has 2 aromatic rings. The Labute approximate surface area is 160 Å². The van der Waals surface area contributed by atoms with Gasteiger partial charge in [-0.05, 0) is 36.1 Å². The Balaban J connectivity index is 1.72. The highest BCUT2D eigenvalue weighted by molar-refractivity contribution is 5.84. The maximum atomic E-state index is 13.2. The molecule has 5 heteroatoms. The van der Waals surface area contributed by atoms with Gasteiger partial charge in [-0.15, -0.1) is 0 Å². The molecule has 4 rings (SSSR count). The van der Waals surface area contributed by atoms with Gasteiger partial charge in [0.2, 0.25) is 5.91 Å². The molecule has 2 aliphatic rings. The molecule has 2 atom stereocenters. The van der Waals surface area contributed by atoms with E-state index in [1.807, 2.05) is 41.3 Å². The summed E-state index contributed by atoms with van der Waals surface area (Å²) in [5, 5.41) is 0. The third kappa shape index (κ3) is 3.28. The lowest BCUT2D eigenvalue weighted by Crippen LogP contribution is -2.38. The first-order valence-corrected chi connectivity index (χ1v) is 9.55. The lowest BCUT2D eigenvalue weighted by Gasteiger charge is -2.34. The lowest BCUT2D eigenvalue weighted by molar-refractivity contribution is -0.131. The molecule has 2 fully saturated rings. The minimum atomic E-state index is -0.0668. The average molecular weight is 366 g/mol. The van der Waals surface area contributed by atoms with E-state index >= 15 is 0 Å². The van der Waals surface area contributed by atoms with E-state index in [9.17, 15) is 4.79 Å². The summed E-state index contributed by atoms with van der Waals surface area (Å²) in [6.45, 7) is 1.56. The number of nitrogens with zero attached hydrogens (tertiary/aromatic N) is 2. The van der Waals surface area contributed by atoms with Crippen LogP contribution in [0.3, 0.4) is 0 Å². The standard InChI is InChI=1S/C22H26N2O3/c1-26-19-12-11-17(14-20(19)27-2)21-23-13-7-6-10-18(23)22(25)24(21)15-16-8-4-3-5-9-16/h3-5,8-9,11-12,14,18,21H,6-7,10,13,15H2,1-2H3/t18?,21-/m0/s1. The van der Waals surface area contributed by atoms with E-state index in [0.717, 1.165) is 36.9 Å². The highest BCUT2D eigenvalue weighted by atomic mass is 16.5. The molecule has 2 saturated heterocycles. The summed E-state index contributed by atoms with van der Waals surface area (Å²) in [5.41, 5.74) is 2.22. The molecule has 0 aliphatic carbocycles. The number of carbonyl (C=O) groups is 1. The number of amides is 1. The number of carbonyl (C=O) groups excluding carboxylic acids is 1. The van der Waals surface area contributed by atoms with Gasteiger partial charge in [0.25, 0.3) is 0 Å². The second-order valence-corrected chi connectivity index (χ2v) is 7.19. The van der Waals surface area contributed by atoms with Crippen LogP contribution in [0.25, 0.3) is 0 Å². The van der Waals surface area contributed by atoms with Crippen molar-refractivity contribution in [1.82, 2.24) is 9.80 Å². The summed E-state index contributed by atoms with van der Waals surface area (Å²) in [6.07, 6.45) is 3.12. The van der Waals surface area contributed by atoms with Crippen molar-refractivity contribution in [3.63, 3.8) is 0 Å². The van der Waals surface area contributed by atoms with Crippen LogP contribution in [-0.2, 0) is 11.3 Å². The second-order valence-electron chi connectivity index (χ2n) is 7.19. The summed E-state index contributed by atoms with van der Waals surface area (Å²) in [6, 6.07) is 16.2. The molecule has 0 saturated carbocycles. The van der Waals surface area contributed by atoms with E-state index < -0.39 is 0 Å². The van der Waals surface area contributed by atoms with Gasteiger partial charge in [-0.3, -0.25) is 9.69 Å². The van der Waals surface area contributed by atoms with Crippen LogP contribution in [0.2, 0.25) is 0 Å². The number of fused-ring (bicyclic) bond motifs is 1. The van der Waals surface area contributed by atoms with E-state index in [2.05, 4.69) is 17.0 Å². The zero-order valence-electron chi connectivity index (χ0n) is 15.9. The van der Waals surface area contributed by atoms with Gasteiger partial charge < -0.3 is 14.4 Å². The monoisotopic (exact) mass is 366 g/mol. The molecule has 2 aromatic carbocycles. The first-order valence-electron chi connectivity index (χ1n) is 9.55. The summed E-state index contributed by atoms with van der Waals surface area (Å²) in [5.74, 6) is 1.64. The predicted octanol–water partition coefficient (Wildman–Crippen LogP) is 3.60. The first kappa shape index (κ1) is 17.9. The Hall–Kier alpha value is -2.53. The zero-order valence-corrected chi connectivity index (χ0v) is 15.9. The maximum Gasteiger partial charge on any atom is 0.241 e. The number of rotatable bonds is 5. The molecule has 0 bridgehead atoms. The molecular formula is C22H26N2O3. The van der Waals surface area contributed by atoms with Crippen molar-refractivity contribution in [3.05, 3.63) is 59.7 Å². The van der Waals surface area contributed by atoms with E-state index in [0.29, 0.717) is 18.0 Å². The van der Waals surface area contributed by atoms with Gasteiger partial charge in [-0.1, -0.05) is 42.8 Å². The van der Waals surface area contributed by atoms with Crippen molar-refractivity contribution >= 4 is 5.91 Å². The third-order valence-electron chi connectivity index (χ3n) is 5.62. The second kappa shape index (κ2) is 7.61. The molecule has 5 nitrogen and oxygen atoms in total. The fourth-order valence-corrected chi connectivity index (χ4v) is 4.33. The Kier molecular flexibility index (Phi) is 5.03. The van der Waals surface area contributed by atoms with Crippen LogP contribution in [0.5, 0.6) is 11.5 Å². The van der Waals surface area contributed by atoms with Gasteiger partial charge >= 0.3 is 0 Å². The number of hydrogen-bond donors (Lipinski definition) is 0. The van der Waals surface area contributed by atoms with E-state index in [1.165, 1.54) is 0 Å². The number of piperidine rings is 1. The summed E-state index contributed by atoms with van der Waals surface area (Å²) < 4.78 is 10.9. The smallest absolute Gasteiger partial charge is 0.241 e. The van der Waals surface area contributed by atoms with Crippen molar-refractivity contribution in [2.75, 3.05) is 20.8 Å². The molecule has 0 N–H and O–H groups in total. The molecule has 0 spiro atoms. The predicted molar refractivity (Wildman–Crippen MR) is 104 cm³/mol. The Bertz CT molecular complexity index is 808. The molecule has 1 amide bonds. The highest BCUT2D eigenvalue weighted by Gasteiger charge is 2.47. The van der Waals surface area contributed by atoms with Crippen molar-refractivity contribution in [2.24, 2.45) is 0 Å². The number of ether oxygens (including phenoxy) is 2. The normalized spacial score (nSPS) is 22.6. The van der Waals surface area contributed by atoms with Gasteiger partial charge in [-0.25, -0.2) is 0 Å². The summed E-state index contributed by atoms with van der Waals surface area (Å²) in [7, 11) is 3.28. The van der Waals surface area contributed by atoms with E-state index in [4.69, 9.17) is 9.47 Å². The van der Waals surface area contributed by atoms with Gasteiger partial charge in [0.15, 0.2) is 11.5 Å². The Morgan fingerprint density at radius 3 is 2.52 bits per heavy atom. The van der Waals surface area contributed by atoms with Gasteiger partial charge in [0.05, 0.1) is 20.3 Å². The number of hydrogen-bond acceptors (Lipinski definition) is 4. The molecule has 1 unspecified atom stereocenters. The molecule has 2 aliphatic heterocycles. The molecule has 0 radical (unpaired) electrons. The third-order valence-corrected chi connectivity index (χ3v) is 5.62. The van der Waals surface area contributed by atoms with Crippen LogP contribution in [0.4, 0.5) is 0 Å². The van der Waals surface area contributed by atoms with Crippen molar-refractivity contribution in [1.29, 1.82) is 0 Å². The minimum Gasteiger partial charge on any atom is -0.493 e. The van der Waals surface area contributed by atoms with Crippen LogP contribution >= 0.6 is 0 Å². The summed E-state index contributed by atoms with van der Waals surface area (Å²) in [4.78, 5) is 17.6. The average Bonchev–Trinajstić information content (AvgIpc) is 3.00. The summed E-state index contributed by atoms with van der Waals surface area (Å²) >= 11 is 0. The van der Waals surface area contributed by atoms with Gasteiger partial charge in [-0.2, -0.15) is 0 Å². The largest absolute Gasteiger partial charge is 0.493 e. The molecular weight excluding hydrogens is 340 g/mol. The van der Waals surface area contributed by atoms with Gasteiger partial charge in [0, 0.05) is 13.1 Å². The van der Waals surface area contributed by atoms with Crippen molar-refractivity contribution in [2.45, 2.75) is 38.0 Å². The number of methoxy groups -OCH3 is 2. The maximum absolute atomic E-state index is 13.2. The molecule has 0 aromatic heterocycles. The Morgan fingerprint density at radius 1 is 1.00 bits per heavy atom. The minimum absolute atomic E-state index is 0.0134. The highest BCUT2D eigenvalue weighted by Crippen LogP contribution is 2.41. The number of benzene rings is 2.